The summed E-state index contributed by atoms with van der Waals surface area (Å²) in [6, 6.07) is 16.3. The van der Waals surface area contributed by atoms with Gasteiger partial charge >= 0.3 is 0 Å². The monoisotopic (exact) mass is 677 g/mol. The first-order valence-corrected chi connectivity index (χ1v) is 16.5. The van der Waals surface area contributed by atoms with Crippen LogP contribution < -0.4 is 21.5 Å². The second-order valence-electron chi connectivity index (χ2n) is 12.7. The molecule has 6 rings (SSSR count). The summed E-state index contributed by atoms with van der Waals surface area (Å²) in [5.41, 5.74) is 2.98. The molecular formula is C38H37F2N7O3. The summed E-state index contributed by atoms with van der Waals surface area (Å²) in [7, 11) is 1.62. The molecule has 2 heterocycles. The minimum atomic E-state index is -1.01. The third-order valence-electron chi connectivity index (χ3n) is 9.11. The van der Waals surface area contributed by atoms with Crippen molar-refractivity contribution in [3.8, 4) is 11.8 Å². The summed E-state index contributed by atoms with van der Waals surface area (Å²) in [4.78, 5) is 47.7. The molecule has 256 valence electrons. The molecule has 0 unspecified atom stereocenters. The van der Waals surface area contributed by atoms with Crippen molar-refractivity contribution in [1.29, 1.82) is 0 Å². The van der Waals surface area contributed by atoms with Crippen molar-refractivity contribution in [2.24, 2.45) is 13.0 Å². The van der Waals surface area contributed by atoms with E-state index in [0.717, 1.165) is 54.8 Å². The fraction of sp³-hybridized carbons (Fsp3) is 0.289. The number of halogens is 2. The number of fused-ring (bicyclic) bond motifs is 1. The van der Waals surface area contributed by atoms with Gasteiger partial charge < -0.3 is 16.0 Å². The number of amides is 2. The van der Waals surface area contributed by atoms with Crippen LogP contribution in [0.5, 0.6) is 0 Å². The Morgan fingerprint density at radius 3 is 2.46 bits per heavy atom. The Morgan fingerprint density at radius 2 is 1.72 bits per heavy atom. The van der Waals surface area contributed by atoms with E-state index in [9.17, 15) is 23.2 Å². The molecule has 0 atom stereocenters. The maximum Gasteiger partial charge on any atom is 0.280 e. The van der Waals surface area contributed by atoms with Crippen LogP contribution in [0.25, 0.3) is 10.9 Å². The molecular weight excluding hydrogens is 640 g/mol. The molecule has 0 saturated heterocycles. The number of rotatable bonds is 8. The second-order valence-corrected chi connectivity index (χ2v) is 12.7. The molecule has 2 aromatic heterocycles. The Hall–Kier alpha value is -5.83. The average Bonchev–Trinajstić information content (AvgIpc) is 3.32. The minimum absolute atomic E-state index is 0.00646. The molecule has 1 aliphatic rings. The van der Waals surface area contributed by atoms with Gasteiger partial charge in [-0.2, -0.15) is 0 Å². The lowest BCUT2D eigenvalue weighted by atomic mass is 9.87. The lowest BCUT2D eigenvalue weighted by Gasteiger charge is -2.26. The van der Waals surface area contributed by atoms with Gasteiger partial charge in [-0.05, 0) is 98.7 Å². The van der Waals surface area contributed by atoms with Crippen molar-refractivity contribution in [3.05, 3.63) is 117 Å². The van der Waals surface area contributed by atoms with Gasteiger partial charge in [0.15, 0.2) is 11.6 Å². The molecule has 10 nitrogen and oxygen atoms in total. The molecule has 3 N–H and O–H groups in total. The van der Waals surface area contributed by atoms with Crippen LogP contribution in [0.1, 0.15) is 70.1 Å². The maximum absolute atomic E-state index is 13.7. The van der Waals surface area contributed by atoms with Gasteiger partial charge in [0.05, 0.1) is 18.6 Å². The highest BCUT2D eigenvalue weighted by molar-refractivity contribution is 5.95. The number of hydrogen-bond donors (Lipinski definition) is 3. The number of hydrogen-bond acceptors (Lipinski definition) is 6. The zero-order chi connectivity index (χ0) is 35.4. The SMILES string of the molecule is Cc1c(C(=O)NCC#Cc2ccc3nc(Nc4ccc(C(=O)NC5CCC(C)CC5)cc4)ncc3c2)c(=O)n(Cc2ccc(F)c(F)c2)n1C. The van der Waals surface area contributed by atoms with Gasteiger partial charge in [0.2, 0.25) is 5.95 Å². The molecule has 3 aromatic carbocycles. The Labute approximate surface area is 287 Å². The summed E-state index contributed by atoms with van der Waals surface area (Å²) in [5.74, 6) is 4.41. The fourth-order valence-corrected chi connectivity index (χ4v) is 6.05. The molecule has 50 heavy (non-hydrogen) atoms. The van der Waals surface area contributed by atoms with Gasteiger partial charge in [0.1, 0.15) is 5.56 Å². The molecule has 0 spiro atoms. The number of aromatic nitrogens is 4. The van der Waals surface area contributed by atoms with E-state index < -0.39 is 23.1 Å². The van der Waals surface area contributed by atoms with Gasteiger partial charge in [-0.25, -0.2) is 23.4 Å². The lowest BCUT2D eigenvalue weighted by molar-refractivity contribution is 0.0921. The Morgan fingerprint density at radius 1 is 0.960 bits per heavy atom. The van der Waals surface area contributed by atoms with Crippen LogP contribution in [0.2, 0.25) is 0 Å². The number of carbonyl (C=O) groups excluding carboxylic acids is 2. The van der Waals surface area contributed by atoms with Gasteiger partial charge in [-0.3, -0.25) is 19.1 Å². The van der Waals surface area contributed by atoms with Crippen molar-refractivity contribution < 1.29 is 18.4 Å². The summed E-state index contributed by atoms with van der Waals surface area (Å²) >= 11 is 0. The third kappa shape index (κ3) is 7.73. The summed E-state index contributed by atoms with van der Waals surface area (Å²) in [6.45, 7) is 3.85. The zero-order valence-corrected chi connectivity index (χ0v) is 28.0. The van der Waals surface area contributed by atoms with Crippen molar-refractivity contribution in [2.45, 2.75) is 52.1 Å². The Balaban J connectivity index is 1.04. The molecule has 0 bridgehead atoms. The van der Waals surface area contributed by atoms with Gasteiger partial charge in [-0.15, -0.1) is 0 Å². The Kier molecular flexibility index (Phi) is 10.0. The molecule has 0 radical (unpaired) electrons. The smallest absolute Gasteiger partial charge is 0.280 e. The third-order valence-corrected chi connectivity index (χ3v) is 9.11. The average molecular weight is 678 g/mol. The lowest BCUT2D eigenvalue weighted by Crippen LogP contribution is -2.37. The highest BCUT2D eigenvalue weighted by Gasteiger charge is 2.22. The van der Waals surface area contributed by atoms with Crippen LogP contribution in [0.3, 0.4) is 0 Å². The van der Waals surface area contributed by atoms with E-state index in [1.807, 2.05) is 30.3 Å². The van der Waals surface area contributed by atoms with E-state index >= 15 is 0 Å². The first-order valence-electron chi connectivity index (χ1n) is 16.5. The molecule has 12 heteroatoms. The maximum atomic E-state index is 13.7. The van der Waals surface area contributed by atoms with Gasteiger partial charge in [-0.1, -0.05) is 24.8 Å². The zero-order valence-electron chi connectivity index (χ0n) is 28.0. The van der Waals surface area contributed by atoms with Crippen LogP contribution in [-0.2, 0) is 13.6 Å². The minimum Gasteiger partial charge on any atom is -0.349 e. The van der Waals surface area contributed by atoms with E-state index in [-0.39, 0.29) is 30.6 Å². The van der Waals surface area contributed by atoms with E-state index in [2.05, 4.69) is 44.7 Å². The standard InChI is InChI=1S/C38H37F2N7O3/c1-23-6-12-29(13-7-23)43-35(48)27-10-14-30(15-11-27)44-38-42-21-28-19-25(9-17-33(28)45-38)5-4-18-41-36(49)34-24(2)46(3)47(37(34)50)22-26-8-16-31(39)32(40)20-26/h8-11,14-17,19-21,23,29H,6-7,12-13,18,22H2,1-3H3,(H,41,49)(H,43,48)(H,42,44,45). The molecule has 1 aliphatic carbocycles. The highest BCUT2D eigenvalue weighted by Crippen LogP contribution is 2.24. The quantitative estimate of drug-likeness (QED) is 0.184. The molecule has 1 fully saturated rings. The van der Waals surface area contributed by atoms with Crippen molar-refractivity contribution in [1.82, 2.24) is 30.0 Å². The Bertz CT molecular complexity index is 2190. The van der Waals surface area contributed by atoms with Crippen LogP contribution in [0.4, 0.5) is 20.4 Å². The topological polar surface area (TPSA) is 123 Å². The normalized spacial score (nSPS) is 15.6. The van der Waals surface area contributed by atoms with Crippen molar-refractivity contribution in [2.75, 3.05) is 11.9 Å². The second kappa shape index (κ2) is 14.7. The number of anilines is 2. The predicted molar refractivity (Wildman–Crippen MR) is 187 cm³/mol. The number of benzene rings is 3. The fourth-order valence-electron chi connectivity index (χ4n) is 6.05. The van der Waals surface area contributed by atoms with E-state index in [4.69, 9.17) is 0 Å². The van der Waals surface area contributed by atoms with Crippen molar-refractivity contribution >= 4 is 34.4 Å². The summed E-state index contributed by atoms with van der Waals surface area (Å²) in [6.07, 6.45) is 6.01. The largest absolute Gasteiger partial charge is 0.349 e. The molecule has 2 amide bonds. The highest BCUT2D eigenvalue weighted by atomic mass is 19.2. The molecule has 5 aromatic rings. The van der Waals surface area contributed by atoms with Crippen LogP contribution in [0, 0.1) is 36.3 Å². The van der Waals surface area contributed by atoms with Gasteiger partial charge in [0, 0.05) is 47.2 Å². The van der Waals surface area contributed by atoms with Crippen LogP contribution >= 0.6 is 0 Å². The summed E-state index contributed by atoms with van der Waals surface area (Å²) < 4.78 is 29.8. The van der Waals surface area contributed by atoms with E-state index in [1.54, 1.807) is 32.3 Å². The number of nitrogens with zero attached hydrogens (tertiary/aromatic N) is 4. The first-order chi connectivity index (χ1) is 24.0. The predicted octanol–water partition coefficient (Wildman–Crippen LogP) is 5.60. The first kappa shape index (κ1) is 34.0. The number of carbonyl (C=O) groups is 2. The van der Waals surface area contributed by atoms with Crippen LogP contribution in [-0.4, -0.2) is 43.7 Å². The molecule has 1 saturated carbocycles. The van der Waals surface area contributed by atoms with Gasteiger partial charge in [0.25, 0.3) is 17.4 Å². The summed E-state index contributed by atoms with van der Waals surface area (Å²) in [5, 5.41) is 9.77. The van der Waals surface area contributed by atoms with Crippen LogP contribution in [0.15, 0.2) is 71.7 Å². The van der Waals surface area contributed by atoms with E-state index in [0.29, 0.717) is 33.8 Å². The van der Waals surface area contributed by atoms with Crippen molar-refractivity contribution in [3.63, 3.8) is 0 Å². The van der Waals surface area contributed by atoms with E-state index in [1.165, 1.54) is 15.4 Å². The number of nitrogens with one attached hydrogen (secondary N) is 3. The molecule has 0 aliphatic heterocycles.